The molecule has 0 amide bonds. The maximum absolute atomic E-state index is 12.7. The maximum atomic E-state index is 12.7. The number of aryl methyl sites for hydroxylation is 1. The van der Waals surface area contributed by atoms with Crippen LogP contribution in [0.5, 0.6) is 0 Å². The molecule has 2 aromatic rings. The zero-order valence-electron chi connectivity index (χ0n) is 15.7. The van der Waals surface area contributed by atoms with Crippen molar-refractivity contribution < 1.29 is 9.21 Å². The Morgan fingerprint density at radius 3 is 2.68 bits per heavy atom. The first-order valence-corrected chi connectivity index (χ1v) is 10.2. The molecule has 0 spiro atoms. The molecule has 6 heteroatoms. The third kappa shape index (κ3) is 5.06. The largest absolute Gasteiger partial charge is 0.428 e. The topological polar surface area (TPSA) is 59.3 Å². The minimum atomic E-state index is -0.586. The first-order valence-electron chi connectivity index (χ1n) is 9.48. The number of hydrogen-bond donors (Lipinski definition) is 1. The quantitative estimate of drug-likeness (QED) is 0.620. The minimum absolute atomic E-state index is 0.120. The third-order valence-electron chi connectivity index (χ3n) is 4.98. The molecule has 1 aliphatic carbocycles. The predicted molar refractivity (Wildman–Crippen MR) is 114 cm³/mol. The monoisotopic (exact) mass is 419 g/mol. The SMILES string of the molecule is Cc1cc(Cl)c(/C(Cl)=C/[C@@H](Nc2ccccc2)[C@H]2CCCCCC2=O)c(=O)o1. The number of halogens is 2. The first-order chi connectivity index (χ1) is 13.5. The average molecular weight is 420 g/mol. The Balaban J connectivity index is 1.99. The van der Waals surface area contributed by atoms with Crippen molar-refractivity contribution in [2.45, 2.75) is 45.1 Å². The molecule has 1 fully saturated rings. The number of anilines is 1. The van der Waals surface area contributed by atoms with Crippen molar-refractivity contribution in [1.29, 1.82) is 0 Å². The molecule has 0 bridgehead atoms. The van der Waals surface area contributed by atoms with Gasteiger partial charge in [-0.15, -0.1) is 0 Å². The molecule has 1 N–H and O–H groups in total. The Morgan fingerprint density at radius 2 is 1.96 bits per heavy atom. The summed E-state index contributed by atoms with van der Waals surface area (Å²) < 4.78 is 5.14. The van der Waals surface area contributed by atoms with Gasteiger partial charge < -0.3 is 9.73 Å². The van der Waals surface area contributed by atoms with Crippen LogP contribution in [0.25, 0.3) is 5.03 Å². The second-order valence-corrected chi connectivity index (χ2v) is 7.90. The van der Waals surface area contributed by atoms with Crippen molar-refractivity contribution in [3.8, 4) is 0 Å². The highest BCUT2D eigenvalue weighted by molar-refractivity contribution is 6.50. The Hall–Kier alpha value is -2.04. The lowest BCUT2D eigenvalue weighted by atomic mass is 9.89. The maximum Gasteiger partial charge on any atom is 0.346 e. The van der Waals surface area contributed by atoms with E-state index >= 15 is 0 Å². The van der Waals surface area contributed by atoms with Gasteiger partial charge in [0.15, 0.2) is 0 Å². The smallest absolute Gasteiger partial charge is 0.346 e. The van der Waals surface area contributed by atoms with Gasteiger partial charge in [0.2, 0.25) is 0 Å². The zero-order valence-corrected chi connectivity index (χ0v) is 17.2. The molecule has 3 rings (SSSR count). The highest BCUT2D eigenvalue weighted by Crippen LogP contribution is 2.30. The van der Waals surface area contributed by atoms with Gasteiger partial charge in [0, 0.05) is 18.0 Å². The second-order valence-electron chi connectivity index (χ2n) is 7.09. The molecule has 1 saturated carbocycles. The third-order valence-corrected chi connectivity index (χ3v) is 5.60. The van der Waals surface area contributed by atoms with Crippen LogP contribution in [0.15, 0.2) is 51.7 Å². The molecule has 148 valence electrons. The number of nitrogens with one attached hydrogen (secondary N) is 1. The van der Waals surface area contributed by atoms with E-state index in [1.54, 1.807) is 19.1 Å². The zero-order chi connectivity index (χ0) is 20.1. The van der Waals surface area contributed by atoms with Gasteiger partial charge in [-0.25, -0.2) is 4.79 Å². The molecule has 28 heavy (non-hydrogen) atoms. The number of carbonyl (C=O) groups excluding carboxylic acids is 1. The molecule has 4 nitrogen and oxygen atoms in total. The summed E-state index contributed by atoms with van der Waals surface area (Å²) in [5.41, 5.74) is 0.416. The molecule has 0 saturated heterocycles. The molecule has 1 aromatic carbocycles. The number of para-hydroxylation sites is 1. The summed E-state index contributed by atoms with van der Waals surface area (Å²) in [4.78, 5) is 25.0. The lowest BCUT2D eigenvalue weighted by Crippen LogP contribution is -2.33. The number of rotatable bonds is 5. The van der Waals surface area contributed by atoms with Crippen LogP contribution in [-0.4, -0.2) is 11.8 Å². The molecular weight excluding hydrogens is 397 g/mol. The molecule has 1 aromatic heterocycles. The van der Waals surface area contributed by atoms with E-state index in [-0.39, 0.29) is 33.4 Å². The number of carbonyl (C=O) groups is 1. The van der Waals surface area contributed by atoms with Crippen molar-refractivity contribution in [1.82, 2.24) is 0 Å². The summed E-state index contributed by atoms with van der Waals surface area (Å²) >= 11 is 12.7. The van der Waals surface area contributed by atoms with E-state index < -0.39 is 5.63 Å². The number of benzene rings is 1. The second kappa shape index (κ2) is 9.44. The van der Waals surface area contributed by atoms with Crippen LogP contribution in [0.3, 0.4) is 0 Å². The van der Waals surface area contributed by atoms with E-state index in [2.05, 4.69) is 5.32 Å². The highest BCUT2D eigenvalue weighted by Gasteiger charge is 2.29. The fraction of sp³-hybridized carbons (Fsp3) is 0.364. The van der Waals surface area contributed by atoms with Gasteiger partial charge >= 0.3 is 5.63 Å². The van der Waals surface area contributed by atoms with Gasteiger partial charge in [0.1, 0.15) is 11.5 Å². The number of ketones is 1. The van der Waals surface area contributed by atoms with Crippen LogP contribution in [0, 0.1) is 12.8 Å². The van der Waals surface area contributed by atoms with E-state index in [1.165, 1.54) is 0 Å². The van der Waals surface area contributed by atoms with E-state index in [0.29, 0.717) is 12.2 Å². The van der Waals surface area contributed by atoms with E-state index in [0.717, 1.165) is 31.4 Å². The molecule has 0 aliphatic heterocycles. The van der Waals surface area contributed by atoms with E-state index in [9.17, 15) is 9.59 Å². The van der Waals surface area contributed by atoms with Gasteiger partial charge in [-0.1, -0.05) is 54.2 Å². The van der Waals surface area contributed by atoms with Crippen molar-refractivity contribution >= 4 is 39.7 Å². The summed E-state index contributed by atoms with van der Waals surface area (Å²) in [6, 6.07) is 10.8. The van der Waals surface area contributed by atoms with Crippen LogP contribution < -0.4 is 10.9 Å². The molecule has 2 atom stereocenters. The Morgan fingerprint density at radius 1 is 1.21 bits per heavy atom. The normalized spacial score (nSPS) is 19.2. The Kier molecular flexibility index (Phi) is 6.97. The first kappa shape index (κ1) is 20.7. The molecule has 0 radical (unpaired) electrons. The van der Waals surface area contributed by atoms with Gasteiger partial charge in [-0.05, 0) is 44.0 Å². The van der Waals surface area contributed by atoms with Crippen LogP contribution in [0.4, 0.5) is 5.69 Å². The van der Waals surface area contributed by atoms with Crippen molar-refractivity contribution in [3.05, 3.63) is 69.2 Å². The van der Waals surface area contributed by atoms with Gasteiger partial charge in [0.25, 0.3) is 0 Å². The van der Waals surface area contributed by atoms with Gasteiger partial charge in [0.05, 0.1) is 21.7 Å². The van der Waals surface area contributed by atoms with Crippen molar-refractivity contribution in [3.63, 3.8) is 0 Å². The summed E-state index contributed by atoms with van der Waals surface area (Å²) in [6.45, 7) is 1.65. The van der Waals surface area contributed by atoms with Gasteiger partial charge in [-0.2, -0.15) is 0 Å². The van der Waals surface area contributed by atoms with Crippen molar-refractivity contribution in [2.24, 2.45) is 5.92 Å². The highest BCUT2D eigenvalue weighted by atomic mass is 35.5. The Bertz CT molecular complexity index is 921. The predicted octanol–water partition coefficient (Wildman–Crippen LogP) is 5.81. The fourth-order valence-electron chi connectivity index (χ4n) is 3.58. The van der Waals surface area contributed by atoms with Crippen molar-refractivity contribution in [2.75, 3.05) is 5.32 Å². The molecule has 0 unspecified atom stereocenters. The Labute approximate surface area is 174 Å². The molecule has 1 heterocycles. The number of hydrogen-bond acceptors (Lipinski definition) is 4. The average Bonchev–Trinajstić information content (AvgIpc) is 2.85. The summed E-state index contributed by atoms with van der Waals surface area (Å²) in [5, 5.41) is 3.82. The molecular formula is C22H23Cl2NO3. The van der Waals surface area contributed by atoms with E-state index in [4.69, 9.17) is 27.6 Å². The van der Waals surface area contributed by atoms with Crippen LogP contribution in [0.2, 0.25) is 5.02 Å². The standard InChI is InChI=1S/C22H23Cl2NO3/c1-14-12-17(23)21(22(27)28-14)18(24)13-19(25-15-8-4-2-5-9-15)16-10-6-3-7-11-20(16)26/h2,4-5,8-9,12-13,16,19,25H,3,6-7,10-11H2,1H3/b18-13-/t16-,19-/m1/s1. The number of Topliss-reactive ketones (excluding diaryl/α,β-unsaturated/α-hetero) is 1. The van der Waals surface area contributed by atoms with Crippen LogP contribution in [0.1, 0.15) is 43.4 Å². The summed E-state index contributed by atoms with van der Waals surface area (Å²) in [7, 11) is 0. The lowest BCUT2D eigenvalue weighted by molar-refractivity contribution is -0.122. The minimum Gasteiger partial charge on any atom is -0.428 e. The van der Waals surface area contributed by atoms with Gasteiger partial charge in [-0.3, -0.25) is 4.79 Å². The van der Waals surface area contributed by atoms with E-state index in [1.807, 2.05) is 30.3 Å². The summed E-state index contributed by atoms with van der Waals surface area (Å²) in [5.74, 6) is 0.419. The fourth-order valence-corrected chi connectivity index (χ4v) is 4.27. The lowest BCUT2D eigenvalue weighted by Gasteiger charge is -2.25. The van der Waals surface area contributed by atoms with Crippen LogP contribution in [-0.2, 0) is 4.79 Å². The van der Waals surface area contributed by atoms with Crippen LogP contribution >= 0.6 is 23.2 Å². The summed E-state index contributed by atoms with van der Waals surface area (Å²) in [6.07, 6.45) is 6.01. The molecule has 1 aliphatic rings.